The van der Waals surface area contributed by atoms with Crippen LogP contribution in [0.2, 0.25) is 0 Å². The highest BCUT2D eigenvalue weighted by Gasteiger charge is 2.26. The first kappa shape index (κ1) is 13.0. The average molecular weight is 347 g/mol. The maximum atomic E-state index is 11.9. The van der Waals surface area contributed by atoms with Crippen LogP contribution in [0.3, 0.4) is 0 Å². The minimum absolute atomic E-state index is 0.180. The molecule has 0 heterocycles. The van der Waals surface area contributed by atoms with Gasteiger partial charge < -0.3 is 5.32 Å². The van der Waals surface area contributed by atoms with Crippen molar-refractivity contribution in [3.8, 4) is 0 Å². The number of hydrogen-bond donors (Lipinski definition) is 1. The van der Waals surface area contributed by atoms with E-state index in [1.165, 1.54) is 0 Å². The molecule has 1 aromatic carbocycles. The lowest BCUT2D eigenvalue weighted by Crippen LogP contribution is -2.28. The summed E-state index contributed by atoms with van der Waals surface area (Å²) < 4.78 is 37.2. The predicted molar refractivity (Wildman–Crippen MR) is 59.6 cm³/mol. The summed E-state index contributed by atoms with van der Waals surface area (Å²) in [6.07, 6.45) is -4.17. The van der Waals surface area contributed by atoms with Gasteiger partial charge in [0.2, 0.25) is 0 Å². The standard InChI is InChI=1S/C9H8Br2F3N/c10-7-1-2-8(11)6(3-7)4-15-5-9(12,13)14/h1-3,15H,4-5H2. The summed E-state index contributed by atoms with van der Waals surface area (Å²) in [7, 11) is 0. The third-order valence-electron chi connectivity index (χ3n) is 1.65. The average Bonchev–Trinajstić information content (AvgIpc) is 2.09. The van der Waals surface area contributed by atoms with E-state index in [1.54, 1.807) is 12.1 Å². The van der Waals surface area contributed by atoms with Crippen molar-refractivity contribution in [2.24, 2.45) is 0 Å². The molecule has 6 heteroatoms. The van der Waals surface area contributed by atoms with Crippen LogP contribution in [0.4, 0.5) is 13.2 Å². The van der Waals surface area contributed by atoms with Gasteiger partial charge in [0, 0.05) is 15.5 Å². The first-order chi connectivity index (χ1) is 6.88. The van der Waals surface area contributed by atoms with Gasteiger partial charge in [0.05, 0.1) is 6.54 Å². The van der Waals surface area contributed by atoms with Crippen LogP contribution >= 0.6 is 31.9 Å². The third kappa shape index (κ3) is 4.99. The van der Waals surface area contributed by atoms with Crippen molar-refractivity contribution in [3.63, 3.8) is 0 Å². The van der Waals surface area contributed by atoms with Crippen molar-refractivity contribution in [3.05, 3.63) is 32.7 Å². The summed E-state index contributed by atoms with van der Waals surface area (Å²) in [4.78, 5) is 0. The summed E-state index contributed by atoms with van der Waals surface area (Å²) in [5.74, 6) is 0. The number of benzene rings is 1. The second-order valence-electron chi connectivity index (χ2n) is 2.95. The molecule has 0 saturated carbocycles. The van der Waals surface area contributed by atoms with Crippen LogP contribution in [0, 0.1) is 0 Å². The fourth-order valence-electron chi connectivity index (χ4n) is 1.02. The van der Waals surface area contributed by atoms with Crippen molar-refractivity contribution in [1.82, 2.24) is 5.32 Å². The molecule has 0 bridgehead atoms. The Hall–Kier alpha value is -0.0700. The van der Waals surface area contributed by atoms with E-state index in [4.69, 9.17) is 0 Å². The third-order valence-corrected chi connectivity index (χ3v) is 2.92. The van der Waals surface area contributed by atoms with Gasteiger partial charge in [0.1, 0.15) is 0 Å². The summed E-state index contributed by atoms with van der Waals surface area (Å²) in [5.41, 5.74) is 0.786. The summed E-state index contributed by atoms with van der Waals surface area (Å²) in [6, 6.07) is 5.37. The van der Waals surface area contributed by atoms with E-state index in [-0.39, 0.29) is 6.54 Å². The molecule has 0 aromatic heterocycles. The van der Waals surface area contributed by atoms with Crippen LogP contribution in [0.1, 0.15) is 5.56 Å². The molecule has 0 amide bonds. The van der Waals surface area contributed by atoms with Gasteiger partial charge in [-0.05, 0) is 23.8 Å². The minimum atomic E-state index is -4.17. The van der Waals surface area contributed by atoms with Crippen molar-refractivity contribution in [1.29, 1.82) is 0 Å². The van der Waals surface area contributed by atoms with Crippen LogP contribution in [0.25, 0.3) is 0 Å². The molecule has 0 aliphatic heterocycles. The highest BCUT2D eigenvalue weighted by Crippen LogP contribution is 2.21. The first-order valence-corrected chi connectivity index (χ1v) is 5.68. The van der Waals surface area contributed by atoms with Crippen LogP contribution in [0.15, 0.2) is 27.1 Å². The molecule has 1 nitrogen and oxygen atoms in total. The molecule has 0 aliphatic carbocycles. The van der Waals surface area contributed by atoms with E-state index in [9.17, 15) is 13.2 Å². The number of alkyl halides is 3. The van der Waals surface area contributed by atoms with Crippen molar-refractivity contribution < 1.29 is 13.2 Å². The zero-order chi connectivity index (χ0) is 11.5. The lowest BCUT2D eigenvalue weighted by Gasteiger charge is -2.09. The van der Waals surface area contributed by atoms with Gasteiger partial charge in [0.25, 0.3) is 0 Å². The lowest BCUT2D eigenvalue weighted by atomic mass is 10.2. The number of halogens is 5. The molecule has 0 unspecified atom stereocenters. The molecule has 1 rings (SSSR count). The molecular weight excluding hydrogens is 339 g/mol. The Morgan fingerprint density at radius 1 is 1.20 bits per heavy atom. The van der Waals surface area contributed by atoms with Crippen molar-refractivity contribution >= 4 is 31.9 Å². The first-order valence-electron chi connectivity index (χ1n) is 4.10. The van der Waals surface area contributed by atoms with E-state index in [0.29, 0.717) is 0 Å². The number of hydrogen-bond acceptors (Lipinski definition) is 1. The Labute approximate surface area is 102 Å². The fraction of sp³-hybridized carbons (Fsp3) is 0.333. The fourth-order valence-corrected chi connectivity index (χ4v) is 1.81. The topological polar surface area (TPSA) is 12.0 Å². The molecule has 0 spiro atoms. The largest absolute Gasteiger partial charge is 0.401 e. The van der Waals surface area contributed by atoms with Gasteiger partial charge in [-0.25, -0.2) is 0 Å². The lowest BCUT2D eigenvalue weighted by molar-refractivity contribution is -0.125. The molecular formula is C9H8Br2F3N. The summed E-state index contributed by atoms with van der Waals surface area (Å²) >= 11 is 6.53. The molecule has 0 fully saturated rings. The zero-order valence-electron chi connectivity index (χ0n) is 7.54. The zero-order valence-corrected chi connectivity index (χ0v) is 10.7. The predicted octanol–water partition coefficient (Wildman–Crippen LogP) is 3.86. The quantitative estimate of drug-likeness (QED) is 0.876. The van der Waals surface area contributed by atoms with Crippen molar-refractivity contribution in [2.45, 2.75) is 12.7 Å². The van der Waals surface area contributed by atoms with Crippen LogP contribution in [0.5, 0.6) is 0 Å². The van der Waals surface area contributed by atoms with Gasteiger partial charge in [-0.3, -0.25) is 0 Å². The van der Waals surface area contributed by atoms with Gasteiger partial charge >= 0.3 is 6.18 Å². The Balaban J connectivity index is 2.54. The normalized spacial score (nSPS) is 11.8. The molecule has 0 radical (unpaired) electrons. The van der Waals surface area contributed by atoms with Gasteiger partial charge in [0.15, 0.2) is 0 Å². The SMILES string of the molecule is FC(F)(F)CNCc1cc(Br)ccc1Br. The summed E-state index contributed by atoms with van der Waals surface area (Å²) in [5, 5.41) is 2.33. The van der Waals surface area contributed by atoms with Crippen molar-refractivity contribution in [2.75, 3.05) is 6.54 Å². The van der Waals surface area contributed by atoms with Gasteiger partial charge in [-0.2, -0.15) is 13.2 Å². The second kappa shape index (κ2) is 5.32. The highest BCUT2D eigenvalue weighted by atomic mass is 79.9. The monoisotopic (exact) mass is 345 g/mol. The van der Waals surface area contributed by atoms with Crippen LogP contribution < -0.4 is 5.32 Å². The maximum absolute atomic E-state index is 11.9. The number of rotatable bonds is 3. The Kier molecular flexibility index (Phi) is 4.61. The molecule has 15 heavy (non-hydrogen) atoms. The van der Waals surface area contributed by atoms with Crippen LogP contribution in [-0.4, -0.2) is 12.7 Å². The van der Waals surface area contributed by atoms with Gasteiger partial charge in [-0.1, -0.05) is 31.9 Å². The highest BCUT2D eigenvalue weighted by molar-refractivity contribution is 9.11. The van der Waals surface area contributed by atoms with E-state index in [0.717, 1.165) is 14.5 Å². The van der Waals surface area contributed by atoms with Gasteiger partial charge in [-0.15, -0.1) is 0 Å². The molecule has 0 saturated heterocycles. The smallest absolute Gasteiger partial charge is 0.305 e. The Morgan fingerprint density at radius 3 is 2.47 bits per heavy atom. The molecule has 84 valence electrons. The molecule has 1 N–H and O–H groups in total. The number of nitrogens with one attached hydrogen (secondary N) is 1. The maximum Gasteiger partial charge on any atom is 0.401 e. The van der Waals surface area contributed by atoms with Crippen LogP contribution in [-0.2, 0) is 6.54 Å². The molecule has 0 aliphatic rings. The minimum Gasteiger partial charge on any atom is -0.305 e. The van der Waals surface area contributed by atoms with E-state index < -0.39 is 12.7 Å². The molecule has 0 atom stereocenters. The Morgan fingerprint density at radius 2 is 1.87 bits per heavy atom. The van der Waals surface area contributed by atoms with E-state index in [1.807, 2.05) is 6.07 Å². The molecule has 1 aromatic rings. The van der Waals surface area contributed by atoms with E-state index in [2.05, 4.69) is 37.2 Å². The Bertz CT molecular complexity index is 339. The van der Waals surface area contributed by atoms with E-state index >= 15 is 0 Å². The second-order valence-corrected chi connectivity index (χ2v) is 4.72. The summed E-state index contributed by atoms with van der Waals surface area (Å²) in [6.45, 7) is -0.800.